The van der Waals surface area contributed by atoms with Crippen molar-refractivity contribution in [2.75, 3.05) is 13.1 Å². The van der Waals surface area contributed by atoms with Crippen LogP contribution in [0.3, 0.4) is 0 Å². The molecule has 0 atom stereocenters. The third-order valence-corrected chi connectivity index (χ3v) is 3.48. The Kier molecular flexibility index (Phi) is 4.28. The molecule has 18 heavy (non-hydrogen) atoms. The van der Waals surface area contributed by atoms with Crippen LogP contribution >= 0.6 is 0 Å². The molecule has 1 saturated heterocycles. The zero-order chi connectivity index (χ0) is 12.8. The molecule has 0 bridgehead atoms. The Labute approximate surface area is 110 Å². The van der Waals surface area contributed by atoms with Crippen LogP contribution in [0.1, 0.15) is 31.7 Å². The Balaban J connectivity index is 1.91. The number of piperidine rings is 1. The molecule has 0 amide bonds. The highest BCUT2D eigenvalue weighted by Gasteiger charge is 2.31. The zero-order valence-electron chi connectivity index (χ0n) is 11.0. The van der Waals surface area contributed by atoms with Crippen LogP contribution < -0.4 is 0 Å². The molecule has 0 spiro atoms. The molecular weight excluding hydrogens is 222 g/mol. The van der Waals surface area contributed by atoms with Crippen LogP contribution in [0.4, 0.5) is 0 Å². The van der Waals surface area contributed by atoms with Gasteiger partial charge in [-0.25, -0.2) is 0 Å². The summed E-state index contributed by atoms with van der Waals surface area (Å²) in [5.41, 5.74) is 0.666. The first kappa shape index (κ1) is 13.0. The maximum Gasteiger partial charge on any atom is 0.0722 e. The maximum absolute atomic E-state index is 10.6. The van der Waals surface area contributed by atoms with Crippen molar-refractivity contribution in [2.24, 2.45) is 0 Å². The van der Waals surface area contributed by atoms with Crippen molar-refractivity contribution < 1.29 is 5.11 Å². The molecule has 1 fully saturated rings. The minimum absolute atomic E-state index is 0.550. The predicted molar refractivity (Wildman–Crippen MR) is 74.0 cm³/mol. The number of hydrogen-bond donors (Lipinski definition) is 1. The number of rotatable bonds is 2. The van der Waals surface area contributed by atoms with E-state index in [0.717, 1.165) is 38.8 Å². The summed E-state index contributed by atoms with van der Waals surface area (Å²) in [6.45, 7) is 3.80. The topological polar surface area (TPSA) is 23.5 Å². The fourth-order valence-electron chi connectivity index (χ4n) is 2.38. The van der Waals surface area contributed by atoms with E-state index in [4.69, 9.17) is 0 Å². The number of hydrogen-bond acceptors (Lipinski definition) is 2. The normalized spacial score (nSPS) is 18.0. The first-order valence-corrected chi connectivity index (χ1v) is 6.72. The molecule has 96 valence electrons. The third-order valence-electron chi connectivity index (χ3n) is 3.48. The minimum Gasteiger partial charge on any atom is -0.389 e. The van der Waals surface area contributed by atoms with Gasteiger partial charge in [0.2, 0.25) is 0 Å². The van der Waals surface area contributed by atoms with Gasteiger partial charge in [0, 0.05) is 32.0 Å². The predicted octanol–water partition coefficient (Wildman–Crippen LogP) is 2.43. The molecule has 1 aromatic rings. The Morgan fingerprint density at radius 1 is 1.22 bits per heavy atom. The molecule has 0 unspecified atom stereocenters. The molecule has 2 rings (SSSR count). The number of nitrogens with zero attached hydrogens (tertiary/aromatic N) is 1. The van der Waals surface area contributed by atoms with Gasteiger partial charge in [-0.05, 0) is 18.4 Å². The summed E-state index contributed by atoms with van der Waals surface area (Å²) < 4.78 is 0. The van der Waals surface area contributed by atoms with Gasteiger partial charge in [0.05, 0.1) is 5.60 Å². The van der Waals surface area contributed by atoms with Crippen LogP contribution in [0.2, 0.25) is 0 Å². The van der Waals surface area contributed by atoms with E-state index in [1.165, 1.54) is 5.56 Å². The molecule has 1 aliphatic heterocycles. The summed E-state index contributed by atoms with van der Waals surface area (Å²) >= 11 is 0. The molecule has 0 radical (unpaired) electrons. The smallest absolute Gasteiger partial charge is 0.0722 e. The average Bonchev–Trinajstić information content (AvgIpc) is 2.39. The molecule has 0 aromatic heterocycles. The van der Waals surface area contributed by atoms with Crippen molar-refractivity contribution in [1.82, 2.24) is 4.90 Å². The lowest BCUT2D eigenvalue weighted by Gasteiger charge is -2.36. The van der Waals surface area contributed by atoms with E-state index in [0.29, 0.717) is 0 Å². The SMILES string of the molecule is CCC#CN1CCC(O)(Cc2ccccc2)CC1. The van der Waals surface area contributed by atoms with Crippen LogP contribution in [0.15, 0.2) is 30.3 Å². The van der Waals surface area contributed by atoms with E-state index in [1.54, 1.807) is 0 Å². The van der Waals surface area contributed by atoms with E-state index in [1.807, 2.05) is 18.2 Å². The summed E-state index contributed by atoms with van der Waals surface area (Å²) in [7, 11) is 0. The van der Waals surface area contributed by atoms with E-state index < -0.39 is 5.60 Å². The summed E-state index contributed by atoms with van der Waals surface area (Å²) in [6.07, 6.45) is 3.26. The Bertz CT molecular complexity index is 421. The molecule has 2 nitrogen and oxygen atoms in total. The Hall–Kier alpha value is -1.46. The minimum atomic E-state index is -0.550. The van der Waals surface area contributed by atoms with Crippen molar-refractivity contribution in [3.8, 4) is 12.0 Å². The van der Waals surface area contributed by atoms with E-state index in [2.05, 4.69) is 35.9 Å². The monoisotopic (exact) mass is 243 g/mol. The van der Waals surface area contributed by atoms with Gasteiger partial charge >= 0.3 is 0 Å². The van der Waals surface area contributed by atoms with Gasteiger partial charge in [-0.2, -0.15) is 0 Å². The highest BCUT2D eigenvalue weighted by Crippen LogP contribution is 2.25. The number of aliphatic hydroxyl groups is 1. The van der Waals surface area contributed by atoms with Crippen LogP contribution in [0, 0.1) is 12.0 Å². The summed E-state index contributed by atoms with van der Waals surface area (Å²) in [4.78, 5) is 2.13. The van der Waals surface area contributed by atoms with Crippen molar-refractivity contribution in [2.45, 2.75) is 38.2 Å². The van der Waals surface area contributed by atoms with Crippen LogP contribution in [0.25, 0.3) is 0 Å². The lowest BCUT2D eigenvalue weighted by Crippen LogP contribution is -2.44. The summed E-state index contributed by atoms with van der Waals surface area (Å²) in [5, 5.41) is 10.6. The Morgan fingerprint density at radius 3 is 2.50 bits per heavy atom. The van der Waals surface area contributed by atoms with E-state index in [9.17, 15) is 5.11 Å². The molecule has 1 aromatic carbocycles. The Morgan fingerprint density at radius 2 is 1.89 bits per heavy atom. The summed E-state index contributed by atoms with van der Waals surface area (Å²) in [5.74, 6) is 3.09. The van der Waals surface area contributed by atoms with E-state index in [-0.39, 0.29) is 0 Å². The van der Waals surface area contributed by atoms with Gasteiger partial charge < -0.3 is 10.0 Å². The molecule has 0 saturated carbocycles. The molecule has 0 aliphatic carbocycles. The third kappa shape index (κ3) is 3.51. The zero-order valence-corrected chi connectivity index (χ0v) is 11.0. The maximum atomic E-state index is 10.6. The highest BCUT2D eigenvalue weighted by molar-refractivity contribution is 5.17. The second-order valence-corrected chi connectivity index (χ2v) is 5.02. The van der Waals surface area contributed by atoms with Gasteiger partial charge in [0.15, 0.2) is 0 Å². The lowest BCUT2D eigenvalue weighted by atomic mass is 9.85. The van der Waals surface area contributed by atoms with Crippen molar-refractivity contribution in [3.63, 3.8) is 0 Å². The molecule has 2 heteroatoms. The van der Waals surface area contributed by atoms with E-state index >= 15 is 0 Å². The second-order valence-electron chi connectivity index (χ2n) is 5.02. The second kappa shape index (κ2) is 5.93. The van der Waals surface area contributed by atoms with Crippen molar-refractivity contribution in [1.29, 1.82) is 0 Å². The van der Waals surface area contributed by atoms with Crippen molar-refractivity contribution >= 4 is 0 Å². The fraction of sp³-hybridized carbons (Fsp3) is 0.500. The largest absolute Gasteiger partial charge is 0.389 e. The van der Waals surface area contributed by atoms with Crippen LogP contribution in [-0.4, -0.2) is 28.7 Å². The fourth-order valence-corrected chi connectivity index (χ4v) is 2.38. The van der Waals surface area contributed by atoms with Crippen LogP contribution in [-0.2, 0) is 6.42 Å². The van der Waals surface area contributed by atoms with Gasteiger partial charge in [-0.1, -0.05) is 43.2 Å². The summed E-state index contributed by atoms with van der Waals surface area (Å²) in [6, 6.07) is 13.4. The van der Waals surface area contributed by atoms with Gasteiger partial charge in [0.25, 0.3) is 0 Å². The first-order valence-electron chi connectivity index (χ1n) is 6.72. The van der Waals surface area contributed by atoms with Crippen LogP contribution in [0.5, 0.6) is 0 Å². The first-order chi connectivity index (χ1) is 8.72. The quantitative estimate of drug-likeness (QED) is 0.806. The van der Waals surface area contributed by atoms with Gasteiger partial charge in [0.1, 0.15) is 0 Å². The molecular formula is C16H21NO. The van der Waals surface area contributed by atoms with Crippen molar-refractivity contribution in [3.05, 3.63) is 35.9 Å². The highest BCUT2D eigenvalue weighted by atomic mass is 16.3. The molecule has 1 N–H and O–H groups in total. The molecule has 1 aliphatic rings. The average molecular weight is 243 g/mol. The number of benzene rings is 1. The number of likely N-dealkylation sites (tertiary alicyclic amines) is 1. The van der Waals surface area contributed by atoms with Gasteiger partial charge in [-0.3, -0.25) is 0 Å². The van der Waals surface area contributed by atoms with Gasteiger partial charge in [-0.15, -0.1) is 0 Å². The standard InChI is InChI=1S/C16H21NO/c1-2-3-11-17-12-9-16(18,10-13-17)14-15-7-5-4-6-8-15/h4-8,18H,2,9-10,12-14H2,1H3. The lowest BCUT2D eigenvalue weighted by molar-refractivity contribution is -0.00888. The molecule has 1 heterocycles.